The van der Waals surface area contributed by atoms with Gasteiger partial charge in [0.2, 0.25) is 0 Å². The fourth-order valence-electron chi connectivity index (χ4n) is 3.28. The Morgan fingerprint density at radius 2 is 2.07 bits per heavy atom. The van der Waals surface area contributed by atoms with Crippen molar-refractivity contribution in [1.82, 2.24) is 9.97 Å². The molecule has 3 rings (SSSR count). The molecule has 15 heavy (non-hydrogen) atoms. The van der Waals surface area contributed by atoms with Crippen molar-refractivity contribution >= 4 is 6.29 Å². The van der Waals surface area contributed by atoms with Gasteiger partial charge in [0.1, 0.15) is 0 Å². The average molecular weight is 204 g/mol. The second-order valence-electron chi connectivity index (χ2n) is 5.05. The molecule has 3 nitrogen and oxygen atoms in total. The van der Waals surface area contributed by atoms with E-state index in [1.807, 2.05) is 0 Å². The van der Waals surface area contributed by atoms with Crippen LogP contribution in [0.1, 0.15) is 54.1 Å². The zero-order valence-corrected chi connectivity index (χ0v) is 8.88. The predicted molar refractivity (Wildman–Crippen MR) is 56.9 cm³/mol. The summed E-state index contributed by atoms with van der Waals surface area (Å²) in [6.07, 6.45) is 9.74. The highest BCUT2D eigenvalue weighted by Crippen LogP contribution is 2.47. The Balaban J connectivity index is 1.91. The highest BCUT2D eigenvalue weighted by atomic mass is 16.1. The second-order valence-corrected chi connectivity index (χ2v) is 5.05. The van der Waals surface area contributed by atoms with Crippen molar-refractivity contribution in [3.63, 3.8) is 0 Å². The molecule has 0 unspecified atom stereocenters. The minimum atomic E-state index is 0.509. The molecule has 1 saturated carbocycles. The highest BCUT2D eigenvalue weighted by Gasteiger charge is 2.38. The molecule has 0 aromatic carbocycles. The normalized spacial score (nSPS) is 22.9. The number of aromatic nitrogens is 2. The third-order valence-corrected chi connectivity index (χ3v) is 4.10. The van der Waals surface area contributed by atoms with Gasteiger partial charge in [0.15, 0.2) is 12.1 Å². The number of imidazole rings is 1. The lowest BCUT2D eigenvalue weighted by Crippen LogP contribution is -2.25. The fourth-order valence-corrected chi connectivity index (χ4v) is 3.28. The summed E-state index contributed by atoms with van der Waals surface area (Å²) in [5.41, 5.74) is 2.90. The largest absolute Gasteiger partial charge is 0.339 e. The van der Waals surface area contributed by atoms with Crippen molar-refractivity contribution in [2.45, 2.75) is 44.9 Å². The summed E-state index contributed by atoms with van der Waals surface area (Å²) in [6.45, 7) is 0. The van der Waals surface area contributed by atoms with Crippen LogP contribution in [0.4, 0.5) is 0 Å². The van der Waals surface area contributed by atoms with Crippen LogP contribution >= 0.6 is 0 Å². The van der Waals surface area contributed by atoms with E-state index in [2.05, 4.69) is 9.97 Å². The Hall–Kier alpha value is -1.12. The van der Waals surface area contributed by atoms with Crippen LogP contribution in [0.25, 0.3) is 0 Å². The average Bonchev–Trinajstić information content (AvgIpc) is 2.85. The summed E-state index contributed by atoms with van der Waals surface area (Å²) in [5, 5.41) is 0. The van der Waals surface area contributed by atoms with Gasteiger partial charge in [-0.2, -0.15) is 0 Å². The molecule has 1 N–H and O–H groups in total. The van der Waals surface area contributed by atoms with Gasteiger partial charge in [-0.3, -0.25) is 4.79 Å². The van der Waals surface area contributed by atoms with Gasteiger partial charge in [0, 0.05) is 5.69 Å². The number of nitrogens with one attached hydrogen (secondary N) is 1. The molecule has 0 amide bonds. The van der Waals surface area contributed by atoms with Gasteiger partial charge < -0.3 is 4.98 Å². The fraction of sp³-hybridized carbons (Fsp3) is 0.667. The van der Waals surface area contributed by atoms with E-state index in [1.54, 1.807) is 0 Å². The molecule has 3 heteroatoms. The maximum atomic E-state index is 10.6. The topological polar surface area (TPSA) is 45.8 Å². The Labute approximate surface area is 89.3 Å². The van der Waals surface area contributed by atoms with Crippen molar-refractivity contribution in [3.05, 3.63) is 17.2 Å². The van der Waals surface area contributed by atoms with Gasteiger partial charge >= 0.3 is 0 Å². The molecule has 2 aliphatic rings. The van der Waals surface area contributed by atoms with Crippen molar-refractivity contribution in [2.75, 3.05) is 0 Å². The van der Waals surface area contributed by atoms with Crippen LogP contribution in [-0.2, 0) is 12.8 Å². The number of H-pyrrole nitrogens is 1. The van der Waals surface area contributed by atoms with E-state index < -0.39 is 0 Å². The van der Waals surface area contributed by atoms with Crippen LogP contribution in [0.3, 0.4) is 0 Å². The molecule has 1 aromatic rings. The van der Waals surface area contributed by atoms with Crippen LogP contribution in [0.5, 0.6) is 0 Å². The van der Waals surface area contributed by atoms with Crippen LogP contribution in [0.15, 0.2) is 0 Å². The number of rotatable bonds is 1. The quantitative estimate of drug-likeness (QED) is 0.713. The minimum absolute atomic E-state index is 0.509. The first-order valence-electron chi connectivity index (χ1n) is 5.84. The molecule has 0 bridgehead atoms. The molecule has 80 valence electrons. The number of hydrogen-bond donors (Lipinski definition) is 1. The SMILES string of the molecule is O=Cc1nc2c([nH]1)CC1(CCCC1)CC2. The van der Waals surface area contributed by atoms with Crippen molar-refractivity contribution < 1.29 is 4.79 Å². The van der Waals surface area contributed by atoms with Crippen molar-refractivity contribution in [3.8, 4) is 0 Å². The van der Waals surface area contributed by atoms with E-state index in [4.69, 9.17) is 0 Å². The van der Waals surface area contributed by atoms with E-state index >= 15 is 0 Å². The molecule has 0 atom stereocenters. The summed E-state index contributed by atoms with van der Waals surface area (Å²) in [6, 6.07) is 0. The summed E-state index contributed by atoms with van der Waals surface area (Å²) in [7, 11) is 0. The molecule has 1 fully saturated rings. The number of aryl methyl sites for hydroxylation is 1. The first-order chi connectivity index (χ1) is 7.31. The van der Waals surface area contributed by atoms with E-state index in [-0.39, 0.29) is 0 Å². The number of nitrogens with zero attached hydrogens (tertiary/aromatic N) is 1. The zero-order chi connectivity index (χ0) is 10.3. The van der Waals surface area contributed by atoms with Gasteiger partial charge in [-0.15, -0.1) is 0 Å². The van der Waals surface area contributed by atoms with Crippen LogP contribution < -0.4 is 0 Å². The van der Waals surface area contributed by atoms with Gasteiger partial charge in [-0.25, -0.2) is 4.98 Å². The Morgan fingerprint density at radius 3 is 2.80 bits per heavy atom. The number of fused-ring (bicyclic) bond motifs is 1. The molecule has 1 aromatic heterocycles. The van der Waals surface area contributed by atoms with E-state index in [9.17, 15) is 4.79 Å². The summed E-state index contributed by atoms with van der Waals surface area (Å²) < 4.78 is 0. The molecule has 1 spiro atoms. The number of aromatic amines is 1. The highest BCUT2D eigenvalue weighted by molar-refractivity contribution is 5.69. The number of hydrogen-bond acceptors (Lipinski definition) is 2. The molecule has 1 heterocycles. The number of aldehydes is 1. The molecule has 2 aliphatic carbocycles. The van der Waals surface area contributed by atoms with E-state index in [0.29, 0.717) is 11.2 Å². The van der Waals surface area contributed by atoms with Crippen molar-refractivity contribution in [2.24, 2.45) is 5.41 Å². The predicted octanol–water partition coefficient (Wildman–Crippen LogP) is 2.27. The van der Waals surface area contributed by atoms with Gasteiger partial charge in [-0.1, -0.05) is 12.8 Å². The minimum Gasteiger partial charge on any atom is -0.339 e. The van der Waals surface area contributed by atoms with Crippen LogP contribution in [-0.4, -0.2) is 16.3 Å². The molecular formula is C12H16N2O. The lowest BCUT2D eigenvalue weighted by Gasteiger charge is -2.32. The van der Waals surface area contributed by atoms with E-state index in [1.165, 1.54) is 37.8 Å². The summed E-state index contributed by atoms with van der Waals surface area (Å²) >= 11 is 0. The van der Waals surface area contributed by atoms with Gasteiger partial charge in [0.05, 0.1) is 5.69 Å². The second kappa shape index (κ2) is 3.19. The van der Waals surface area contributed by atoms with Gasteiger partial charge in [0.25, 0.3) is 0 Å². The standard InChI is InChI=1S/C12H16N2O/c15-8-11-13-9-3-6-12(4-1-2-5-12)7-10(9)14-11/h8H,1-7H2,(H,13,14). The molecule has 0 radical (unpaired) electrons. The number of carbonyl (C=O) groups is 1. The molecular weight excluding hydrogens is 188 g/mol. The Kier molecular flexibility index (Phi) is 1.94. The summed E-state index contributed by atoms with van der Waals surface area (Å²) in [5.74, 6) is 0.509. The third-order valence-electron chi connectivity index (χ3n) is 4.10. The molecule has 0 saturated heterocycles. The van der Waals surface area contributed by atoms with E-state index in [0.717, 1.165) is 24.8 Å². The summed E-state index contributed by atoms with van der Waals surface area (Å²) in [4.78, 5) is 18.1. The van der Waals surface area contributed by atoms with Gasteiger partial charge in [-0.05, 0) is 37.5 Å². The van der Waals surface area contributed by atoms with Crippen molar-refractivity contribution in [1.29, 1.82) is 0 Å². The monoisotopic (exact) mass is 204 g/mol. The maximum absolute atomic E-state index is 10.6. The first-order valence-corrected chi connectivity index (χ1v) is 5.84. The number of carbonyl (C=O) groups excluding carboxylic acids is 1. The zero-order valence-electron chi connectivity index (χ0n) is 8.88. The van der Waals surface area contributed by atoms with Crippen LogP contribution in [0.2, 0.25) is 0 Å². The maximum Gasteiger partial charge on any atom is 0.185 e. The lowest BCUT2D eigenvalue weighted by atomic mass is 9.73. The smallest absolute Gasteiger partial charge is 0.185 e. The lowest BCUT2D eigenvalue weighted by molar-refractivity contribution is 0.111. The van der Waals surface area contributed by atoms with Crippen LogP contribution in [0, 0.1) is 5.41 Å². The Bertz CT molecular complexity index is 388. The Morgan fingerprint density at radius 1 is 1.27 bits per heavy atom. The first kappa shape index (κ1) is 9.13. The molecule has 0 aliphatic heterocycles. The third kappa shape index (κ3) is 1.41.